The summed E-state index contributed by atoms with van der Waals surface area (Å²) in [6.45, 7) is 1.77. The first-order valence-corrected chi connectivity index (χ1v) is 16.7. The monoisotopic (exact) mass is 628 g/mol. The molecule has 1 heterocycles. The molecule has 4 bridgehead atoms. The maximum absolute atomic E-state index is 13.6. The van der Waals surface area contributed by atoms with Crippen molar-refractivity contribution >= 4 is 35.0 Å². The van der Waals surface area contributed by atoms with E-state index in [0.29, 0.717) is 36.7 Å². The molecule has 3 N–H and O–H groups in total. The van der Waals surface area contributed by atoms with Crippen LogP contribution in [-0.2, 0) is 36.9 Å². The highest BCUT2D eigenvalue weighted by molar-refractivity contribution is 6.06. The predicted molar refractivity (Wildman–Crippen MR) is 173 cm³/mol. The van der Waals surface area contributed by atoms with Gasteiger partial charge in [-0.1, -0.05) is 30.7 Å². The Labute approximate surface area is 269 Å². The summed E-state index contributed by atoms with van der Waals surface area (Å²) in [5.74, 6) is 1.25. The molecule has 3 amide bonds. The van der Waals surface area contributed by atoms with Gasteiger partial charge >= 0.3 is 5.97 Å². The van der Waals surface area contributed by atoms with Crippen LogP contribution in [0.3, 0.4) is 0 Å². The molecule has 7 rings (SSSR count). The quantitative estimate of drug-likeness (QED) is 0.241. The van der Waals surface area contributed by atoms with E-state index in [-0.39, 0.29) is 48.9 Å². The number of hydrogen-bond acceptors (Lipinski definition) is 6. The van der Waals surface area contributed by atoms with Crippen molar-refractivity contribution in [1.82, 2.24) is 15.2 Å². The smallest absolute Gasteiger partial charge is 0.305 e. The van der Waals surface area contributed by atoms with Crippen molar-refractivity contribution in [3.05, 3.63) is 69.6 Å². The van der Waals surface area contributed by atoms with Crippen molar-refractivity contribution in [3.63, 3.8) is 0 Å². The number of carbonyl (C=O) groups is 4. The van der Waals surface area contributed by atoms with Crippen LogP contribution in [0.15, 0.2) is 53.0 Å². The molecule has 1 aromatic carbocycles. The molecule has 1 aromatic heterocycles. The third-order valence-electron chi connectivity index (χ3n) is 10.6. The van der Waals surface area contributed by atoms with Crippen LogP contribution in [0.5, 0.6) is 0 Å². The number of allylic oxidation sites excluding steroid dienone is 1. The lowest BCUT2D eigenvalue weighted by molar-refractivity contribution is -0.140. The molecular formula is C36H44N4O6. The van der Waals surface area contributed by atoms with Gasteiger partial charge < -0.3 is 25.3 Å². The number of fused-ring (bicyclic) bond motifs is 1. The minimum atomic E-state index is -0.942. The second-order valence-electron chi connectivity index (χ2n) is 13.7. The molecule has 0 radical (unpaired) electrons. The Bertz CT molecular complexity index is 1580. The second kappa shape index (κ2) is 13.6. The summed E-state index contributed by atoms with van der Waals surface area (Å²) in [6.07, 6.45) is 9.53. The molecular weight excluding hydrogens is 584 g/mol. The normalized spacial score (nSPS) is 24.7. The summed E-state index contributed by atoms with van der Waals surface area (Å²) in [4.78, 5) is 65.1. The molecule has 0 saturated heterocycles. The molecule has 5 aliphatic carbocycles. The van der Waals surface area contributed by atoms with Crippen molar-refractivity contribution in [2.75, 3.05) is 12.4 Å². The maximum atomic E-state index is 13.6. The van der Waals surface area contributed by atoms with Gasteiger partial charge in [0.15, 0.2) is 0 Å². The van der Waals surface area contributed by atoms with E-state index in [9.17, 15) is 24.0 Å². The average molecular weight is 629 g/mol. The number of nitrogens with one attached hydrogen (secondary N) is 3. The zero-order chi connectivity index (χ0) is 32.4. The Hall–Kier alpha value is -4.21. The fourth-order valence-corrected chi connectivity index (χ4v) is 8.53. The van der Waals surface area contributed by atoms with E-state index < -0.39 is 17.5 Å². The summed E-state index contributed by atoms with van der Waals surface area (Å²) >= 11 is 0. The minimum absolute atomic E-state index is 0.0346. The number of anilines is 1. The highest BCUT2D eigenvalue weighted by atomic mass is 16.5. The average Bonchev–Trinajstić information content (AvgIpc) is 3.38. The number of carbonyl (C=O) groups excluding carboxylic acids is 4. The number of pyridine rings is 1. The molecule has 5 aliphatic rings. The first kappa shape index (κ1) is 31.8. The third kappa shape index (κ3) is 6.81. The molecule has 10 nitrogen and oxygen atoms in total. The molecule has 46 heavy (non-hydrogen) atoms. The second-order valence-corrected chi connectivity index (χ2v) is 13.7. The van der Waals surface area contributed by atoms with Gasteiger partial charge in [-0.25, -0.2) is 0 Å². The standard InChI is InChI=1S/C36H44N4O6/c1-21-27-9-4-3-8-24(27)19-28(21)34(43)37-29(10-5-6-12-32(42)46-2)35(44)38-30-11-7-13-40(36(30)45)20-31(41)39-33-25-15-22-14-23(17-25)18-26(33)16-22/h3-4,7-9,11,13,22-23,25-26,29,33H,5-6,10,12,14-20H2,1-2H3,(H,37,43)(H,38,44)(H,39,41)/t22?,23?,25?,26?,29-,33?/m0/s1. The van der Waals surface area contributed by atoms with E-state index >= 15 is 0 Å². The number of unbranched alkanes of at least 4 members (excludes halogenated alkanes) is 1. The fourth-order valence-electron chi connectivity index (χ4n) is 8.53. The molecule has 4 saturated carbocycles. The first-order valence-electron chi connectivity index (χ1n) is 16.7. The van der Waals surface area contributed by atoms with E-state index in [1.54, 1.807) is 12.3 Å². The van der Waals surface area contributed by atoms with Gasteiger partial charge in [-0.15, -0.1) is 0 Å². The number of nitrogens with zero attached hydrogens (tertiary/aromatic N) is 1. The van der Waals surface area contributed by atoms with Gasteiger partial charge in [-0.2, -0.15) is 0 Å². The first-order chi connectivity index (χ1) is 22.2. The van der Waals surface area contributed by atoms with Crippen LogP contribution < -0.4 is 21.5 Å². The van der Waals surface area contributed by atoms with Crippen LogP contribution in [-0.4, -0.2) is 47.5 Å². The zero-order valence-electron chi connectivity index (χ0n) is 26.7. The van der Waals surface area contributed by atoms with Crippen molar-refractivity contribution in [2.24, 2.45) is 23.7 Å². The van der Waals surface area contributed by atoms with Crippen LogP contribution in [0.2, 0.25) is 0 Å². The number of esters is 1. The van der Waals surface area contributed by atoms with Crippen LogP contribution >= 0.6 is 0 Å². The number of aromatic nitrogens is 1. The number of ether oxygens (including phenoxy) is 1. The van der Waals surface area contributed by atoms with Crippen LogP contribution in [0, 0.1) is 23.7 Å². The number of benzene rings is 1. The van der Waals surface area contributed by atoms with E-state index in [1.807, 2.05) is 31.2 Å². The lowest BCUT2D eigenvalue weighted by Gasteiger charge is -2.54. The largest absolute Gasteiger partial charge is 0.469 e. The zero-order valence-corrected chi connectivity index (χ0v) is 26.7. The fraction of sp³-hybridized carbons (Fsp3) is 0.528. The number of methoxy groups -OCH3 is 1. The van der Waals surface area contributed by atoms with E-state index in [0.717, 1.165) is 28.5 Å². The molecule has 1 atom stereocenters. The molecule has 0 spiro atoms. The number of amides is 3. The van der Waals surface area contributed by atoms with Crippen molar-refractivity contribution in [2.45, 2.75) is 89.8 Å². The van der Waals surface area contributed by atoms with Gasteiger partial charge in [0.2, 0.25) is 17.7 Å². The molecule has 244 valence electrons. The SMILES string of the molecule is COC(=O)CCCC[C@H](NC(=O)C1=C(C)c2ccccc2C1)C(=O)Nc1cccn(CC(=O)NC2C3CC4CC(C3)CC2C4)c1=O. The van der Waals surface area contributed by atoms with Gasteiger partial charge in [0, 0.05) is 30.7 Å². The maximum Gasteiger partial charge on any atom is 0.305 e. The predicted octanol–water partition coefficient (Wildman–Crippen LogP) is 3.98. The third-order valence-corrected chi connectivity index (χ3v) is 10.6. The summed E-state index contributed by atoms with van der Waals surface area (Å²) in [5, 5.41) is 8.84. The van der Waals surface area contributed by atoms with Gasteiger partial charge in [0.1, 0.15) is 18.3 Å². The summed E-state index contributed by atoms with van der Waals surface area (Å²) in [6, 6.07) is 10.2. The topological polar surface area (TPSA) is 136 Å². The van der Waals surface area contributed by atoms with Gasteiger partial charge in [-0.3, -0.25) is 24.0 Å². The minimum Gasteiger partial charge on any atom is -0.469 e. The Morgan fingerprint density at radius 3 is 2.37 bits per heavy atom. The van der Waals surface area contributed by atoms with E-state index in [1.165, 1.54) is 49.8 Å². The highest BCUT2D eigenvalue weighted by Crippen LogP contribution is 2.53. The number of hydrogen-bond donors (Lipinski definition) is 3. The summed E-state index contributed by atoms with van der Waals surface area (Å²) in [7, 11) is 1.33. The number of rotatable bonds is 12. The lowest BCUT2D eigenvalue weighted by atomic mass is 9.54. The van der Waals surface area contributed by atoms with Crippen molar-refractivity contribution in [3.8, 4) is 0 Å². The van der Waals surface area contributed by atoms with E-state index in [4.69, 9.17) is 4.74 Å². The Morgan fingerprint density at radius 2 is 1.67 bits per heavy atom. The molecule has 2 aromatic rings. The highest BCUT2D eigenvalue weighted by Gasteiger charge is 2.48. The van der Waals surface area contributed by atoms with Crippen LogP contribution in [0.25, 0.3) is 5.57 Å². The van der Waals surface area contributed by atoms with Crippen LogP contribution in [0.4, 0.5) is 5.69 Å². The summed E-state index contributed by atoms with van der Waals surface area (Å²) < 4.78 is 6.03. The van der Waals surface area contributed by atoms with E-state index in [2.05, 4.69) is 16.0 Å². The summed E-state index contributed by atoms with van der Waals surface area (Å²) in [5.41, 5.74) is 3.09. The molecule has 10 heteroatoms. The Morgan fingerprint density at radius 1 is 0.957 bits per heavy atom. The van der Waals surface area contributed by atoms with Gasteiger partial charge in [0.05, 0.1) is 7.11 Å². The van der Waals surface area contributed by atoms with Crippen molar-refractivity contribution < 1.29 is 23.9 Å². The molecule has 4 fully saturated rings. The van der Waals surface area contributed by atoms with Crippen molar-refractivity contribution in [1.29, 1.82) is 0 Å². The van der Waals surface area contributed by atoms with Gasteiger partial charge in [0.25, 0.3) is 5.56 Å². The lowest BCUT2D eigenvalue weighted by Crippen LogP contribution is -2.56. The molecule has 0 unspecified atom stereocenters. The molecule has 0 aliphatic heterocycles. The Kier molecular flexibility index (Phi) is 9.42. The Balaban J connectivity index is 1.11. The van der Waals surface area contributed by atoms with Crippen LogP contribution in [0.1, 0.15) is 75.8 Å². The van der Waals surface area contributed by atoms with Gasteiger partial charge in [-0.05, 0) is 104 Å².